The van der Waals surface area contributed by atoms with E-state index in [1.54, 1.807) is 24.3 Å². The molecule has 0 heterocycles. The van der Waals surface area contributed by atoms with E-state index in [-0.39, 0.29) is 11.3 Å². The molecule has 0 saturated heterocycles. The van der Waals surface area contributed by atoms with Gasteiger partial charge in [0.1, 0.15) is 0 Å². The Hall–Kier alpha value is -1.88. The molecule has 4 aliphatic rings. The smallest absolute Gasteiger partial charge is 0.274 e. The third kappa shape index (κ3) is 2.93. The number of hydrogen-bond donors (Lipinski definition) is 2. The maximum absolute atomic E-state index is 12.2. The summed E-state index contributed by atoms with van der Waals surface area (Å²) in [6, 6.07) is 6.28. The van der Waals surface area contributed by atoms with Gasteiger partial charge in [0.25, 0.3) is 5.91 Å². The summed E-state index contributed by atoms with van der Waals surface area (Å²) >= 11 is 0. The van der Waals surface area contributed by atoms with Crippen molar-refractivity contribution in [1.82, 2.24) is 5.48 Å². The van der Waals surface area contributed by atoms with Crippen LogP contribution in [0.1, 0.15) is 59.2 Å². The summed E-state index contributed by atoms with van der Waals surface area (Å²) in [4.78, 5) is 28.8. The van der Waals surface area contributed by atoms with Gasteiger partial charge >= 0.3 is 0 Å². The lowest BCUT2D eigenvalue weighted by molar-refractivity contribution is -0.110. The zero-order valence-electron chi connectivity index (χ0n) is 13.8. The van der Waals surface area contributed by atoms with E-state index >= 15 is 0 Å². The van der Waals surface area contributed by atoms with E-state index in [0.29, 0.717) is 17.7 Å². The number of benzene rings is 1. The quantitative estimate of drug-likeness (QED) is 0.815. The highest BCUT2D eigenvalue weighted by molar-refractivity contribution is 5.96. The van der Waals surface area contributed by atoms with Crippen LogP contribution in [0.25, 0.3) is 0 Å². The maximum atomic E-state index is 12.2. The Balaban J connectivity index is 1.32. The summed E-state index contributed by atoms with van der Waals surface area (Å²) in [5.41, 5.74) is 8.90. The average molecular weight is 328 g/mol. The Morgan fingerprint density at radius 2 is 1.50 bits per heavy atom. The van der Waals surface area contributed by atoms with E-state index in [4.69, 9.17) is 10.6 Å². The molecule has 5 heteroatoms. The van der Waals surface area contributed by atoms with Crippen molar-refractivity contribution in [2.24, 2.45) is 28.9 Å². The van der Waals surface area contributed by atoms with Gasteiger partial charge in [0.05, 0.1) is 6.61 Å². The molecule has 4 bridgehead atoms. The van der Waals surface area contributed by atoms with Gasteiger partial charge in [-0.25, -0.2) is 5.48 Å². The Labute approximate surface area is 141 Å². The maximum Gasteiger partial charge on any atom is 0.274 e. The number of hydrogen-bond acceptors (Lipinski definition) is 3. The number of carbonyl (C=O) groups is 2. The fourth-order valence-corrected chi connectivity index (χ4v) is 5.57. The van der Waals surface area contributed by atoms with Gasteiger partial charge in [0.15, 0.2) is 0 Å². The first-order valence-corrected chi connectivity index (χ1v) is 8.85. The summed E-state index contributed by atoms with van der Waals surface area (Å²) in [6.45, 7) is 0.613. The van der Waals surface area contributed by atoms with E-state index in [2.05, 4.69) is 5.48 Å². The third-order valence-corrected chi connectivity index (χ3v) is 6.14. The minimum atomic E-state index is -0.500. The molecule has 4 saturated carbocycles. The Bertz CT molecular complexity index is 618. The van der Waals surface area contributed by atoms with Crippen LogP contribution in [-0.4, -0.2) is 18.4 Å². The Morgan fingerprint density at radius 3 is 2.00 bits per heavy atom. The molecule has 1 aromatic rings. The largest absolute Gasteiger partial charge is 0.366 e. The number of primary amides is 1. The molecular weight excluding hydrogens is 304 g/mol. The molecular formula is C19H24N2O3. The number of carbonyl (C=O) groups excluding carboxylic acids is 2. The lowest BCUT2D eigenvalue weighted by atomic mass is 9.50. The van der Waals surface area contributed by atoms with Crippen LogP contribution in [-0.2, 0) is 4.84 Å². The predicted molar refractivity (Wildman–Crippen MR) is 89.0 cm³/mol. The summed E-state index contributed by atoms with van der Waals surface area (Å²) in [6.07, 6.45) is 7.96. The van der Waals surface area contributed by atoms with Gasteiger partial charge in [-0.1, -0.05) is 0 Å². The highest BCUT2D eigenvalue weighted by Gasteiger charge is 2.51. The van der Waals surface area contributed by atoms with Crippen LogP contribution in [0.5, 0.6) is 0 Å². The van der Waals surface area contributed by atoms with Crippen molar-refractivity contribution in [3.05, 3.63) is 35.4 Å². The number of rotatable bonds is 5. The molecule has 0 aromatic heterocycles. The lowest BCUT2D eigenvalue weighted by Crippen LogP contribution is -2.49. The second-order valence-corrected chi connectivity index (χ2v) is 8.08. The molecule has 0 aliphatic heterocycles. The van der Waals surface area contributed by atoms with Gasteiger partial charge in [-0.15, -0.1) is 0 Å². The first-order valence-electron chi connectivity index (χ1n) is 8.85. The van der Waals surface area contributed by atoms with Crippen LogP contribution < -0.4 is 11.2 Å². The van der Waals surface area contributed by atoms with Gasteiger partial charge in [-0.05, 0) is 86.0 Å². The molecule has 0 spiro atoms. The van der Waals surface area contributed by atoms with Crippen molar-refractivity contribution in [3.8, 4) is 0 Å². The molecule has 0 radical (unpaired) electrons. The Kier molecular flexibility index (Phi) is 3.83. The molecule has 1 aromatic carbocycles. The van der Waals surface area contributed by atoms with Gasteiger partial charge in [-0.3, -0.25) is 14.4 Å². The number of hydroxylamine groups is 1. The summed E-state index contributed by atoms with van der Waals surface area (Å²) < 4.78 is 0. The number of nitrogens with one attached hydrogen (secondary N) is 1. The highest BCUT2D eigenvalue weighted by atomic mass is 16.7. The first kappa shape index (κ1) is 15.6. The fourth-order valence-electron chi connectivity index (χ4n) is 5.57. The van der Waals surface area contributed by atoms with E-state index in [1.807, 2.05) is 0 Å². The molecule has 3 N–H and O–H groups in total. The second kappa shape index (κ2) is 5.88. The standard InChI is InChI=1S/C19H24N2O3/c20-17(22)15-1-3-16(4-2-15)18(23)21-24-11-19-8-12-5-13(9-19)7-14(6-12)10-19/h1-4,12-14H,5-11H2,(H2,20,22)(H,21,23). The first-order chi connectivity index (χ1) is 11.5. The van der Waals surface area contributed by atoms with Gasteiger partial charge in [0, 0.05) is 11.1 Å². The van der Waals surface area contributed by atoms with E-state index in [1.165, 1.54) is 38.5 Å². The minimum Gasteiger partial charge on any atom is -0.366 e. The van der Waals surface area contributed by atoms with Crippen LogP contribution in [0, 0.1) is 23.2 Å². The SMILES string of the molecule is NC(=O)c1ccc(C(=O)NOCC23CC4CC(CC(C4)C2)C3)cc1. The van der Waals surface area contributed by atoms with Crippen molar-refractivity contribution >= 4 is 11.8 Å². The van der Waals surface area contributed by atoms with Crippen molar-refractivity contribution in [2.45, 2.75) is 38.5 Å². The molecule has 5 rings (SSSR count). The van der Waals surface area contributed by atoms with Crippen molar-refractivity contribution < 1.29 is 14.4 Å². The van der Waals surface area contributed by atoms with Crippen LogP contribution in [0.3, 0.4) is 0 Å². The normalized spacial score (nSPS) is 33.4. The zero-order chi connectivity index (χ0) is 16.7. The molecule has 0 unspecified atom stereocenters. The van der Waals surface area contributed by atoms with Crippen molar-refractivity contribution in [3.63, 3.8) is 0 Å². The molecule has 128 valence electrons. The third-order valence-electron chi connectivity index (χ3n) is 6.14. The Morgan fingerprint density at radius 1 is 1.00 bits per heavy atom. The van der Waals surface area contributed by atoms with Crippen LogP contribution in [0.15, 0.2) is 24.3 Å². The number of nitrogens with two attached hydrogens (primary N) is 1. The molecule has 5 nitrogen and oxygen atoms in total. The van der Waals surface area contributed by atoms with Gasteiger partial charge in [-0.2, -0.15) is 0 Å². The fraction of sp³-hybridized carbons (Fsp3) is 0.579. The monoisotopic (exact) mass is 328 g/mol. The van der Waals surface area contributed by atoms with E-state index in [9.17, 15) is 9.59 Å². The van der Waals surface area contributed by atoms with Crippen LogP contribution >= 0.6 is 0 Å². The summed E-state index contributed by atoms with van der Waals surface area (Å²) in [5, 5.41) is 0. The predicted octanol–water partition coefficient (Wildman–Crippen LogP) is 2.66. The van der Waals surface area contributed by atoms with Crippen molar-refractivity contribution in [2.75, 3.05) is 6.61 Å². The molecule has 4 aliphatic carbocycles. The molecule has 0 atom stereocenters. The minimum absolute atomic E-state index is 0.276. The van der Waals surface area contributed by atoms with E-state index in [0.717, 1.165) is 17.8 Å². The van der Waals surface area contributed by atoms with E-state index < -0.39 is 5.91 Å². The number of amides is 2. The molecule has 2 amide bonds. The van der Waals surface area contributed by atoms with Gasteiger partial charge < -0.3 is 5.73 Å². The zero-order valence-corrected chi connectivity index (χ0v) is 13.8. The summed E-state index contributed by atoms with van der Waals surface area (Å²) in [7, 11) is 0. The topological polar surface area (TPSA) is 81.4 Å². The van der Waals surface area contributed by atoms with Gasteiger partial charge in [0.2, 0.25) is 5.91 Å². The highest BCUT2D eigenvalue weighted by Crippen LogP contribution is 2.59. The molecule has 4 fully saturated rings. The van der Waals surface area contributed by atoms with Crippen LogP contribution in [0.4, 0.5) is 0 Å². The summed E-state index contributed by atoms with van der Waals surface area (Å²) in [5.74, 6) is 1.83. The second-order valence-electron chi connectivity index (χ2n) is 8.08. The van der Waals surface area contributed by atoms with Crippen LogP contribution in [0.2, 0.25) is 0 Å². The molecule has 24 heavy (non-hydrogen) atoms. The lowest BCUT2D eigenvalue weighted by Gasteiger charge is -2.56. The van der Waals surface area contributed by atoms with Crippen molar-refractivity contribution in [1.29, 1.82) is 0 Å². The average Bonchev–Trinajstić information content (AvgIpc) is 2.53.